The predicted molar refractivity (Wildman–Crippen MR) is 85.6 cm³/mol. The van der Waals surface area contributed by atoms with Crippen LogP contribution in [0.5, 0.6) is 17.2 Å². The van der Waals surface area contributed by atoms with Crippen molar-refractivity contribution in [2.24, 2.45) is 0 Å². The molecule has 5 nitrogen and oxygen atoms in total. The van der Waals surface area contributed by atoms with E-state index in [1.54, 1.807) is 0 Å². The van der Waals surface area contributed by atoms with Crippen LogP contribution in [0, 0.1) is 0 Å². The van der Waals surface area contributed by atoms with Gasteiger partial charge < -0.3 is 19.5 Å². The summed E-state index contributed by atoms with van der Waals surface area (Å²) in [4.78, 5) is 12.3. The molecule has 0 aromatic heterocycles. The highest BCUT2D eigenvalue weighted by Crippen LogP contribution is 2.36. The van der Waals surface area contributed by atoms with Crippen molar-refractivity contribution in [1.29, 1.82) is 0 Å². The standard InChI is InChI=1S/C16H14ClF2NO4/c1-22-13-8-12(14(23-2)7-11(13)17)20-15(21)9-3-5-10(6-4-9)24-16(18)19/h3-8,16H,1-2H3,(H,20,21). The number of nitrogens with one attached hydrogen (secondary N) is 1. The Kier molecular flexibility index (Phi) is 5.81. The number of halogens is 3. The van der Waals surface area contributed by atoms with Crippen LogP contribution in [0.3, 0.4) is 0 Å². The van der Waals surface area contributed by atoms with Crippen LogP contribution in [0.25, 0.3) is 0 Å². The molecule has 0 aliphatic rings. The SMILES string of the molecule is COc1cc(NC(=O)c2ccc(OC(F)F)cc2)c(OC)cc1Cl. The van der Waals surface area contributed by atoms with Crippen LogP contribution in [-0.2, 0) is 0 Å². The Bertz CT molecular complexity index is 723. The number of benzene rings is 2. The number of methoxy groups -OCH3 is 2. The number of carbonyl (C=O) groups is 1. The summed E-state index contributed by atoms with van der Waals surface area (Å²) in [6.07, 6.45) is 0. The van der Waals surface area contributed by atoms with Crippen molar-refractivity contribution in [3.63, 3.8) is 0 Å². The Hall–Kier alpha value is -2.54. The molecule has 0 radical (unpaired) electrons. The molecule has 0 unspecified atom stereocenters. The molecular weight excluding hydrogens is 344 g/mol. The summed E-state index contributed by atoms with van der Waals surface area (Å²) in [7, 11) is 2.88. The van der Waals surface area contributed by atoms with Crippen molar-refractivity contribution >= 4 is 23.2 Å². The largest absolute Gasteiger partial charge is 0.495 e. The maximum Gasteiger partial charge on any atom is 0.387 e. The van der Waals surface area contributed by atoms with Gasteiger partial charge in [-0.1, -0.05) is 11.6 Å². The van der Waals surface area contributed by atoms with Gasteiger partial charge in [0.2, 0.25) is 0 Å². The lowest BCUT2D eigenvalue weighted by atomic mass is 10.2. The van der Waals surface area contributed by atoms with E-state index in [1.807, 2.05) is 0 Å². The number of amides is 1. The molecule has 0 spiro atoms. The molecule has 0 heterocycles. The Morgan fingerprint density at radius 3 is 2.25 bits per heavy atom. The second-order valence-corrected chi connectivity index (χ2v) is 4.95. The highest BCUT2D eigenvalue weighted by molar-refractivity contribution is 6.32. The summed E-state index contributed by atoms with van der Waals surface area (Å²) in [5.41, 5.74) is 0.615. The maximum atomic E-state index is 12.3. The van der Waals surface area contributed by atoms with Gasteiger partial charge in [-0.3, -0.25) is 4.79 Å². The van der Waals surface area contributed by atoms with Crippen molar-refractivity contribution < 1.29 is 27.8 Å². The molecule has 1 amide bonds. The van der Waals surface area contributed by atoms with Gasteiger partial charge in [0.15, 0.2) is 0 Å². The third-order valence-corrected chi connectivity index (χ3v) is 3.36. The summed E-state index contributed by atoms with van der Waals surface area (Å²) in [6.45, 7) is -2.92. The van der Waals surface area contributed by atoms with Gasteiger partial charge in [-0.05, 0) is 24.3 Å². The molecule has 2 aromatic rings. The molecule has 2 aromatic carbocycles. The molecular formula is C16H14ClF2NO4. The second kappa shape index (κ2) is 7.83. The zero-order valence-corrected chi connectivity index (χ0v) is 13.6. The maximum absolute atomic E-state index is 12.3. The Morgan fingerprint density at radius 2 is 1.71 bits per heavy atom. The highest BCUT2D eigenvalue weighted by atomic mass is 35.5. The van der Waals surface area contributed by atoms with Gasteiger partial charge in [-0.25, -0.2) is 0 Å². The Morgan fingerprint density at radius 1 is 1.08 bits per heavy atom. The molecule has 2 rings (SSSR count). The Balaban J connectivity index is 2.20. The number of hydrogen-bond donors (Lipinski definition) is 1. The van der Waals surface area contributed by atoms with Crippen LogP contribution >= 0.6 is 11.6 Å². The molecule has 0 saturated heterocycles. The summed E-state index contributed by atoms with van der Waals surface area (Å²) < 4.78 is 38.7. The number of ether oxygens (including phenoxy) is 3. The molecule has 1 N–H and O–H groups in total. The van der Waals surface area contributed by atoms with Crippen molar-refractivity contribution in [1.82, 2.24) is 0 Å². The quantitative estimate of drug-likeness (QED) is 0.841. The number of hydrogen-bond acceptors (Lipinski definition) is 4. The molecule has 24 heavy (non-hydrogen) atoms. The second-order valence-electron chi connectivity index (χ2n) is 4.54. The number of rotatable bonds is 6. The predicted octanol–water partition coefficient (Wildman–Crippen LogP) is 4.21. The monoisotopic (exact) mass is 357 g/mol. The molecule has 0 fully saturated rings. The minimum absolute atomic E-state index is 0.0349. The lowest BCUT2D eigenvalue weighted by molar-refractivity contribution is -0.0498. The number of anilines is 1. The third kappa shape index (κ3) is 4.26. The van der Waals surface area contributed by atoms with Crippen LogP contribution in [0.2, 0.25) is 5.02 Å². The van der Waals surface area contributed by atoms with Gasteiger partial charge in [0.1, 0.15) is 17.2 Å². The lowest BCUT2D eigenvalue weighted by Crippen LogP contribution is -2.13. The van der Waals surface area contributed by atoms with Gasteiger partial charge in [-0.2, -0.15) is 8.78 Å². The van der Waals surface area contributed by atoms with Crippen molar-refractivity contribution in [3.05, 3.63) is 47.0 Å². The average molecular weight is 358 g/mol. The van der Waals surface area contributed by atoms with Crippen LogP contribution in [0.4, 0.5) is 14.5 Å². The van der Waals surface area contributed by atoms with E-state index in [1.165, 1.54) is 50.6 Å². The van der Waals surface area contributed by atoms with Gasteiger partial charge in [0.05, 0.1) is 24.9 Å². The Labute approximate surface area is 142 Å². The minimum Gasteiger partial charge on any atom is -0.495 e. The zero-order valence-electron chi connectivity index (χ0n) is 12.8. The fourth-order valence-corrected chi connectivity index (χ4v) is 2.17. The van der Waals surface area contributed by atoms with E-state index in [9.17, 15) is 13.6 Å². The van der Waals surface area contributed by atoms with Crippen LogP contribution in [0.1, 0.15) is 10.4 Å². The first-order valence-electron chi connectivity index (χ1n) is 6.72. The van der Waals surface area contributed by atoms with Crippen molar-refractivity contribution in [2.45, 2.75) is 6.61 Å². The fraction of sp³-hybridized carbons (Fsp3) is 0.188. The fourth-order valence-electron chi connectivity index (χ4n) is 1.94. The molecule has 0 saturated carbocycles. The smallest absolute Gasteiger partial charge is 0.387 e. The first-order valence-corrected chi connectivity index (χ1v) is 7.10. The average Bonchev–Trinajstić information content (AvgIpc) is 2.56. The van der Waals surface area contributed by atoms with Crippen LogP contribution in [0.15, 0.2) is 36.4 Å². The van der Waals surface area contributed by atoms with Gasteiger partial charge in [0.25, 0.3) is 5.91 Å². The van der Waals surface area contributed by atoms with Gasteiger partial charge in [-0.15, -0.1) is 0 Å². The number of carbonyl (C=O) groups excluding carboxylic acids is 1. The third-order valence-electron chi connectivity index (χ3n) is 3.06. The topological polar surface area (TPSA) is 56.8 Å². The van der Waals surface area contributed by atoms with E-state index in [4.69, 9.17) is 21.1 Å². The summed E-state index contributed by atoms with van der Waals surface area (Å²) >= 11 is 6.00. The molecule has 8 heteroatoms. The van der Waals surface area contributed by atoms with E-state index >= 15 is 0 Å². The molecule has 0 aliphatic heterocycles. The van der Waals surface area contributed by atoms with E-state index < -0.39 is 12.5 Å². The first kappa shape index (κ1) is 17.8. The molecule has 128 valence electrons. The number of alkyl halides is 2. The van der Waals surface area contributed by atoms with E-state index in [0.29, 0.717) is 22.2 Å². The van der Waals surface area contributed by atoms with Gasteiger partial charge >= 0.3 is 6.61 Å². The summed E-state index contributed by atoms with van der Waals surface area (Å²) in [6, 6.07) is 8.32. The van der Waals surface area contributed by atoms with Crippen molar-refractivity contribution in [2.75, 3.05) is 19.5 Å². The summed E-state index contributed by atoms with van der Waals surface area (Å²) in [5.74, 6) is 0.230. The lowest BCUT2D eigenvalue weighted by Gasteiger charge is -2.13. The zero-order chi connectivity index (χ0) is 17.7. The van der Waals surface area contributed by atoms with E-state index in [0.717, 1.165) is 0 Å². The van der Waals surface area contributed by atoms with Crippen LogP contribution in [-0.4, -0.2) is 26.7 Å². The minimum atomic E-state index is -2.92. The van der Waals surface area contributed by atoms with Gasteiger partial charge in [0, 0.05) is 17.7 Å². The van der Waals surface area contributed by atoms with Crippen molar-refractivity contribution in [3.8, 4) is 17.2 Å². The molecule has 0 aliphatic carbocycles. The molecule has 0 bridgehead atoms. The van der Waals surface area contributed by atoms with E-state index in [2.05, 4.69) is 10.1 Å². The summed E-state index contributed by atoms with van der Waals surface area (Å²) in [5, 5.41) is 2.98. The first-order chi connectivity index (χ1) is 11.4. The highest BCUT2D eigenvalue weighted by Gasteiger charge is 2.14. The van der Waals surface area contributed by atoms with E-state index in [-0.39, 0.29) is 11.3 Å². The normalized spacial score (nSPS) is 10.4. The molecule has 0 atom stereocenters. The van der Waals surface area contributed by atoms with Crippen LogP contribution < -0.4 is 19.5 Å².